The van der Waals surface area contributed by atoms with Gasteiger partial charge in [-0.25, -0.2) is 0 Å². The number of nitrogens with two attached hydrogens (primary N) is 1. The van der Waals surface area contributed by atoms with Crippen LogP contribution >= 0.6 is 31.9 Å². The fourth-order valence-corrected chi connectivity index (χ4v) is 2.97. The lowest BCUT2D eigenvalue weighted by Crippen LogP contribution is -2.11. The fourth-order valence-electron chi connectivity index (χ4n) is 1.71. The fraction of sp³-hybridized carbons (Fsp3) is 0.455. The maximum absolute atomic E-state index is 9.88. The van der Waals surface area contributed by atoms with E-state index in [4.69, 9.17) is 5.73 Å². The van der Waals surface area contributed by atoms with Crippen LogP contribution in [0.1, 0.15) is 30.9 Å². The smallest absolute Gasteiger partial charge is 0.134 e. The third-order valence-corrected chi connectivity index (χ3v) is 3.80. The summed E-state index contributed by atoms with van der Waals surface area (Å²) in [5, 5.41) is 9.88. The maximum atomic E-state index is 9.88. The molecule has 1 aromatic rings. The molecule has 2 rings (SSSR count). The van der Waals surface area contributed by atoms with Crippen LogP contribution < -0.4 is 5.73 Å². The first-order valence-corrected chi connectivity index (χ1v) is 6.60. The van der Waals surface area contributed by atoms with Crippen LogP contribution in [-0.4, -0.2) is 5.11 Å². The first kappa shape index (κ1) is 11.4. The highest BCUT2D eigenvalue weighted by Gasteiger charge is 2.26. The molecule has 0 aliphatic heterocycles. The van der Waals surface area contributed by atoms with Gasteiger partial charge in [0.1, 0.15) is 5.75 Å². The van der Waals surface area contributed by atoms with E-state index < -0.39 is 0 Å². The van der Waals surface area contributed by atoms with Crippen molar-refractivity contribution >= 4 is 31.9 Å². The molecule has 0 aromatic heterocycles. The summed E-state index contributed by atoms with van der Waals surface area (Å²) in [4.78, 5) is 0. The molecule has 1 saturated carbocycles. The van der Waals surface area contributed by atoms with Crippen LogP contribution in [0.25, 0.3) is 0 Å². The highest BCUT2D eigenvalue weighted by Crippen LogP contribution is 2.41. The first-order chi connectivity index (χ1) is 7.08. The zero-order valence-corrected chi connectivity index (χ0v) is 11.4. The number of phenolic OH excluding ortho intramolecular Hbond substituents is 1. The first-order valence-electron chi connectivity index (χ1n) is 5.01. The zero-order valence-electron chi connectivity index (χ0n) is 8.21. The van der Waals surface area contributed by atoms with Crippen LogP contribution in [0.3, 0.4) is 0 Å². The molecule has 0 amide bonds. The molecule has 4 heteroatoms. The van der Waals surface area contributed by atoms with Crippen molar-refractivity contribution in [3.63, 3.8) is 0 Å². The van der Waals surface area contributed by atoms with E-state index in [-0.39, 0.29) is 11.8 Å². The van der Waals surface area contributed by atoms with Gasteiger partial charge in [0.25, 0.3) is 0 Å². The number of hydrogen-bond donors (Lipinski definition) is 2. The molecule has 0 heterocycles. The number of aromatic hydroxyl groups is 1. The van der Waals surface area contributed by atoms with Gasteiger partial charge in [-0.3, -0.25) is 0 Å². The second kappa shape index (κ2) is 4.44. The van der Waals surface area contributed by atoms with Crippen molar-refractivity contribution < 1.29 is 5.11 Å². The van der Waals surface area contributed by atoms with Gasteiger partial charge in [0, 0.05) is 16.1 Å². The molecule has 1 aliphatic rings. The minimum Gasteiger partial charge on any atom is -0.506 e. The summed E-state index contributed by atoms with van der Waals surface area (Å²) in [6, 6.07) is 3.65. The maximum Gasteiger partial charge on any atom is 0.134 e. The lowest BCUT2D eigenvalue weighted by molar-refractivity contribution is 0.452. The normalized spacial score (nSPS) is 17.8. The molecule has 1 aromatic carbocycles. The van der Waals surface area contributed by atoms with Crippen molar-refractivity contribution in [2.24, 2.45) is 11.7 Å². The zero-order chi connectivity index (χ0) is 11.0. The molecular formula is C11H13Br2NO. The van der Waals surface area contributed by atoms with Gasteiger partial charge in [-0.2, -0.15) is 0 Å². The second-order valence-electron chi connectivity index (χ2n) is 4.11. The van der Waals surface area contributed by atoms with Crippen LogP contribution in [0.5, 0.6) is 5.75 Å². The molecule has 82 valence electrons. The number of hydrogen-bond acceptors (Lipinski definition) is 2. The van der Waals surface area contributed by atoms with Gasteiger partial charge in [-0.05, 0) is 40.4 Å². The summed E-state index contributed by atoms with van der Waals surface area (Å²) in [5.74, 6) is 1.03. The summed E-state index contributed by atoms with van der Waals surface area (Å²) in [6.07, 6.45) is 3.53. The summed E-state index contributed by atoms with van der Waals surface area (Å²) < 4.78 is 1.63. The molecule has 3 N–H and O–H groups in total. The predicted octanol–water partition coefficient (Wildman–Crippen LogP) is 3.72. The lowest BCUT2D eigenvalue weighted by atomic mass is 10.0. The van der Waals surface area contributed by atoms with Gasteiger partial charge in [-0.15, -0.1) is 0 Å². The molecular weight excluding hydrogens is 322 g/mol. The molecule has 1 aliphatic carbocycles. The van der Waals surface area contributed by atoms with E-state index in [1.54, 1.807) is 0 Å². The van der Waals surface area contributed by atoms with Crippen LogP contribution in [0.15, 0.2) is 21.1 Å². The molecule has 1 atom stereocenters. The van der Waals surface area contributed by atoms with E-state index in [1.807, 2.05) is 12.1 Å². The number of halogens is 2. The Labute approximate surface area is 106 Å². The second-order valence-corrected chi connectivity index (χ2v) is 5.88. The largest absolute Gasteiger partial charge is 0.506 e. The van der Waals surface area contributed by atoms with Crippen LogP contribution in [-0.2, 0) is 0 Å². The minimum atomic E-state index is -0.0636. The summed E-state index contributed by atoms with van der Waals surface area (Å²) in [7, 11) is 0. The Kier molecular flexibility index (Phi) is 3.38. The Hall–Kier alpha value is -0.0600. The highest BCUT2D eigenvalue weighted by atomic mass is 79.9. The Morgan fingerprint density at radius 2 is 2.07 bits per heavy atom. The van der Waals surface area contributed by atoms with E-state index >= 15 is 0 Å². The highest BCUT2D eigenvalue weighted by molar-refractivity contribution is 9.11. The minimum absolute atomic E-state index is 0.0636. The van der Waals surface area contributed by atoms with E-state index in [0.29, 0.717) is 4.47 Å². The molecule has 0 radical (unpaired) electrons. The van der Waals surface area contributed by atoms with Crippen molar-refractivity contribution in [1.29, 1.82) is 0 Å². The standard InChI is InChI=1S/C11H13Br2NO/c12-7-4-8(11(15)9(13)5-7)10(14)3-6-1-2-6/h4-6,10,15H,1-3,14H2/t10-/m1/s1. The quantitative estimate of drug-likeness (QED) is 0.885. The van der Waals surface area contributed by atoms with Gasteiger partial charge in [0.2, 0.25) is 0 Å². The van der Waals surface area contributed by atoms with Crippen molar-refractivity contribution in [2.75, 3.05) is 0 Å². The van der Waals surface area contributed by atoms with Gasteiger partial charge >= 0.3 is 0 Å². The van der Waals surface area contributed by atoms with Crippen LogP contribution in [0.4, 0.5) is 0 Å². The molecule has 15 heavy (non-hydrogen) atoms. The van der Waals surface area contributed by atoms with Gasteiger partial charge < -0.3 is 10.8 Å². The monoisotopic (exact) mass is 333 g/mol. The van der Waals surface area contributed by atoms with Gasteiger partial charge in [0.05, 0.1) is 4.47 Å². The third kappa shape index (κ3) is 2.74. The van der Waals surface area contributed by atoms with E-state index in [9.17, 15) is 5.11 Å². The molecule has 1 fully saturated rings. The Morgan fingerprint density at radius 3 is 2.67 bits per heavy atom. The van der Waals surface area contributed by atoms with Crippen LogP contribution in [0.2, 0.25) is 0 Å². The predicted molar refractivity (Wildman–Crippen MR) is 67.8 cm³/mol. The van der Waals surface area contributed by atoms with Crippen LogP contribution in [0, 0.1) is 5.92 Å². The molecule has 0 saturated heterocycles. The van der Waals surface area contributed by atoms with Gasteiger partial charge in [0.15, 0.2) is 0 Å². The van der Waals surface area contributed by atoms with E-state index in [2.05, 4.69) is 31.9 Å². The number of rotatable bonds is 3. The summed E-state index contributed by atoms with van der Waals surface area (Å²) in [5.41, 5.74) is 6.90. The third-order valence-electron chi connectivity index (χ3n) is 2.74. The lowest BCUT2D eigenvalue weighted by Gasteiger charge is -2.14. The number of benzene rings is 1. The van der Waals surface area contributed by atoms with E-state index in [0.717, 1.165) is 22.4 Å². The van der Waals surface area contributed by atoms with Crippen molar-refractivity contribution in [3.8, 4) is 5.75 Å². The molecule has 0 bridgehead atoms. The van der Waals surface area contributed by atoms with Gasteiger partial charge in [-0.1, -0.05) is 28.8 Å². The summed E-state index contributed by atoms with van der Waals surface area (Å²) in [6.45, 7) is 0. The molecule has 0 spiro atoms. The Bertz CT molecular complexity index is 377. The molecule has 0 unspecified atom stereocenters. The van der Waals surface area contributed by atoms with E-state index in [1.165, 1.54) is 12.8 Å². The van der Waals surface area contributed by atoms with Crippen molar-refractivity contribution in [1.82, 2.24) is 0 Å². The number of phenols is 1. The average Bonchev–Trinajstić information content (AvgIpc) is 2.94. The SMILES string of the molecule is N[C@H](CC1CC1)c1cc(Br)cc(Br)c1O. The average molecular weight is 335 g/mol. The van der Waals surface area contributed by atoms with Crippen molar-refractivity contribution in [3.05, 3.63) is 26.6 Å². The summed E-state index contributed by atoms with van der Waals surface area (Å²) >= 11 is 6.71. The molecule has 2 nitrogen and oxygen atoms in total. The topological polar surface area (TPSA) is 46.2 Å². The van der Waals surface area contributed by atoms with Crippen molar-refractivity contribution in [2.45, 2.75) is 25.3 Å². The Balaban J connectivity index is 2.24. The Morgan fingerprint density at radius 1 is 1.40 bits per heavy atom.